The van der Waals surface area contributed by atoms with Crippen LogP contribution in [0.25, 0.3) is 0 Å². The Bertz CT molecular complexity index is 961. The van der Waals surface area contributed by atoms with Gasteiger partial charge in [-0.1, -0.05) is 31.2 Å². The molecule has 2 aliphatic heterocycles. The monoisotopic (exact) mass is 385 g/mol. The summed E-state index contributed by atoms with van der Waals surface area (Å²) in [5.41, 5.74) is 1.17. The maximum atomic E-state index is 12.8. The van der Waals surface area contributed by atoms with Crippen LogP contribution in [-0.4, -0.2) is 37.2 Å². The number of rotatable bonds is 3. The number of Topliss-reactive ketones (excluding diaryl/α,β-unsaturated/α-hetero) is 1. The lowest BCUT2D eigenvalue weighted by Crippen LogP contribution is -2.52. The van der Waals surface area contributed by atoms with Crippen molar-refractivity contribution in [3.05, 3.63) is 59.7 Å². The van der Waals surface area contributed by atoms with Crippen molar-refractivity contribution in [1.29, 1.82) is 0 Å². The van der Waals surface area contributed by atoms with Crippen molar-refractivity contribution >= 4 is 15.8 Å². The molecule has 6 heteroatoms. The molecule has 0 aliphatic carbocycles. The number of hydrogen-bond acceptors (Lipinski definition) is 4. The van der Waals surface area contributed by atoms with Crippen LogP contribution in [0.5, 0.6) is 5.75 Å². The number of aryl methyl sites for hydroxylation is 1. The van der Waals surface area contributed by atoms with E-state index in [4.69, 9.17) is 4.74 Å². The number of sulfonamides is 1. The van der Waals surface area contributed by atoms with E-state index in [0.717, 1.165) is 12.0 Å². The quantitative estimate of drug-likeness (QED) is 0.812. The number of hydrogen-bond donors (Lipinski definition) is 0. The molecule has 2 heterocycles. The zero-order valence-corrected chi connectivity index (χ0v) is 16.2. The van der Waals surface area contributed by atoms with E-state index in [2.05, 4.69) is 6.92 Å². The zero-order valence-electron chi connectivity index (χ0n) is 15.3. The van der Waals surface area contributed by atoms with Gasteiger partial charge in [0.05, 0.1) is 16.9 Å². The summed E-state index contributed by atoms with van der Waals surface area (Å²) in [6.45, 7) is 2.76. The molecule has 2 aromatic carbocycles. The van der Waals surface area contributed by atoms with Crippen molar-refractivity contribution in [1.82, 2.24) is 4.31 Å². The molecule has 2 aliphatic rings. The van der Waals surface area contributed by atoms with Gasteiger partial charge in [-0.3, -0.25) is 4.79 Å². The highest BCUT2D eigenvalue weighted by Gasteiger charge is 2.45. The summed E-state index contributed by atoms with van der Waals surface area (Å²) in [6.07, 6.45) is 2.21. The van der Waals surface area contributed by atoms with Gasteiger partial charge in [0.25, 0.3) is 0 Å². The molecular weight excluding hydrogens is 362 g/mol. The summed E-state index contributed by atoms with van der Waals surface area (Å²) < 4.78 is 33.4. The van der Waals surface area contributed by atoms with Crippen LogP contribution in [0.2, 0.25) is 0 Å². The minimum absolute atomic E-state index is 0.0888. The lowest BCUT2D eigenvalue weighted by Gasteiger charge is -2.43. The molecule has 0 saturated carbocycles. The SMILES string of the molecule is CCc1ccc2c(c1)C(=O)CC1(CCN(S(=O)(=O)c3ccccc3)CC1)O2. The third-order valence-corrected chi connectivity index (χ3v) is 7.49. The molecule has 5 nitrogen and oxygen atoms in total. The van der Waals surface area contributed by atoms with Gasteiger partial charge in [0.2, 0.25) is 10.0 Å². The van der Waals surface area contributed by atoms with Crippen molar-refractivity contribution in [2.24, 2.45) is 0 Å². The van der Waals surface area contributed by atoms with Crippen molar-refractivity contribution in [3.8, 4) is 5.75 Å². The van der Waals surface area contributed by atoms with Gasteiger partial charge >= 0.3 is 0 Å². The van der Waals surface area contributed by atoms with E-state index in [9.17, 15) is 13.2 Å². The van der Waals surface area contributed by atoms with Crippen molar-refractivity contribution in [2.45, 2.75) is 43.1 Å². The van der Waals surface area contributed by atoms with Gasteiger partial charge < -0.3 is 4.74 Å². The van der Waals surface area contributed by atoms with Crippen LogP contribution < -0.4 is 4.74 Å². The van der Waals surface area contributed by atoms with Gasteiger partial charge in [0, 0.05) is 25.9 Å². The highest BCUT2D eigenvalue weighted by atomic mass is 32.2. The molecule has 27 heavy (non-hydrogen) atoms. The summed E-state index contributed by atoms with van der Waals surface area (Å²) >= 11 is 0. The molecule has 0 amide bonds. The van der Waals surface area contributed by atoms with Crippen LogP contribution >= 0.6 is 0 Å². The Balaban J connectivity index is 1.53. The van der Waals surface area contributed by atoms with E-state index < -0.39 is 15.6 Å². The van der Waals surface area contributed by atoms with Crippen LogP contribution in [0.3, 0.4) is 0 Å². The Kier molecular flexibility index (Phi) is 4.56. The fraction of sp³-hybridized carbons (Fsp3) is 0.381. The average molecular weight is 385 g/mol. The lowest BCUT2D eigenvalue weighted by molar-refractivity contribution is 0.00588. The summed E-state index contributed by atoms with van der Waals surface area (Å²) in [6, 6.07) is 14.3. The molecule has 0 aromatic heterocycles. The first-order valence-electron chi connectivity index (χ1n) is 9.34. The number of carbonyl (C=O) groups is 1. The first kappa shape index (κ1) is 18.2. The van der Waals surface area contributed by atoms with Crippen LogP contribution in [0.1, 0.15) is 42.1 Å². The fourth-order valence-electron chi connectivity index (χ4n) is 3.92. The third-order valence-electron chi connectivity index (χ3n) is 5.58. The molecule has 1 saturated heterocycles. The predicted octanol–water partition coefficient (Wildman–Crippen LogP) is 3.44. The third kappa shape index (κ3) is 3.28. The van der Waals surface area contributed by atoms with E-state index in [1.807, 2.05) is 18.2 Å². The Morgan fingerprint density at radius 3 is 2.44 bits per heavy atom. The summed E-state index contributed by atoms with van der Waals surface area (Å²) in [5.74, 6) is 0.716. The zero-order chi connectivity index (χ0) is 19.1. The van der Waals surface area contributed by atoms with Gasteiger partial charge in [-0.25, -0.2) is 8.42 Å². The number of ether oxygens (including phenoxy) is 1. The van der Waals surface area contributed by atoms with E-state index in [-0.39, 0.29) is 5.78 Å². The van der Waals surface area contributed by atoms with Crippen LogP contribution in [0, 0.1) is 0 Å². The molecule has 1 spiro atoms. The summed E-state index contributed by atoms with van der Waals surface area (Å²) in [5, 5.41) is 0. The van der Waals surface area contributed by atoms with Gasteiger partial charge in [-0.05, 0) is 36.2 Å². The minimum atomic E-state index is -3.51. The van der Waals surface area contributed by atoms with E-state index in [1.54, 1.807) is 30.3 Å². The maximum Gasteiger partial charge on any atom is 0.243 e. The van der Waals surface area contributed by atoms with Crippen LogP contribution in [0.4, 0.5) is 0 Å². The molecule has 0 atom stereocenters. The van der Waals surface area contributed by atoms with Gasteiger partial charge in [-0.15, -0.1) is 0 Å². The number of fused-ring (bicyclic) bond motifs is 1. The molecule has 0 N–H and O–H groups in total. The number of ketones is 1. The van der Waals surface area contributed by atoms with E-state index in [1.165, 1.54) is 4.31 Å². The largest absolute Gasteiger partial charge is 0.486 e. The standard InChI is InChI=1S/C21H23NO4S/c1-2-16-8-9-20-18(14-16)19(23)15-21(26-20)10-12-22(13-11-21)27(24,25)17-6-4-3-5-7-17/h3-9,14H,2,10-13,15H2,1H3. The predicted molar refractivity (Wildman–Crippen MR) is 103 cm³/mol. The summed E-state index contributed by atoms with van der Waals surface area (Å²) in [4.78, 5) is 13.0. The Labute approximate surface area is 160 Å². The number of piperidine rings is 1. The first-order chi connectivity index (χ1) is 12.9. The lowest BCUT2D eigenvalue weighted by atomic mass is 9.82. The van der Waals surface area contributed by atoms with Crippen molar-refractivity contribution in [2.75, 3.05) is 13.1 Å². The number of nitrogens with zero attached hydrogens (tertiary/aromatic N) is 1. The normalized spacial score (nSPS) is 19.5. The summed E-state index contributed by atoms with van der Waals surface area (Å²) in [7, 11) is -3.51. The second-order valence-electron chi connectivity index (χ2n) is 7.29. The van der Waals surface area contributed by atoms with Gasteiger partial charge in [0.15, 0.2) is 5.78 Å². The second kappa shape index (κ2) is 6.77. The number of carbonyl (C=O) groups excluding carboxylic acids is 1. The molecule has 142 valence electrons. The Hall–Kier alpha value is -2.18. The molecule has 2 aromatic rings. The molecule has 0 unspecified atom stereocenters. The fourth-order valence-corrected chi connectivity index (χ4v) is 5.38. The minimum Gasteiger partial charge on any atom is -0.486 e. The van der Waals surface area contributed by atoms with Gasteiger partial charge in [0.1, 0.15) is 11.4 Å². The topological polar surface area (TPSA) is 63.7 Å². The smallest absolute Gasteiger partial charge is 0.243 e. The van der Waals surface area contributed by atoms with Crippen LogP contribution in [-0.2, 0) is 16.4 Å². The Morgan fingerprint density at radius 1 is 1.07 bits per heavy atom. The molecule has 0 radical (unpaired) electrons. The first-order valence-corrected chi connectivity index (χ1v) is 10.8. The molecular formula is C21H23NO4S. The van der Waals surface area contributed by atoms with E-state index >= 15 is 0 Å². The van der Waals surface area contributed by atoms with Gasteiger partial charge in [-0.2, -0.15) is 4.31 Å². The van der Waals surface area contributed by atoms with Crippen LogP contribution in [0.15, 0.2) is 53.4 Å². The Morgan fingerprint density at radius 2 is 1.78 bits per heavy atom. The van der Waals surface area contributed by atoms with E-state index in [0.29, 0.717) is 48.6 Å². The molecule has 4 rings (SSSR count). The van der Waals surface area contributed by atoms with Crippen molar-refractivity contribution in [3.63, 3.8) is 0 Å². The highest BCUT2D eigenvalue weighted by Crippen LogP contribution is 2.40. The maximum absolute atomic E-state index is 12.8. The average Bonchev–Trinajstić information content (AvgIpc) is 2.69. The highest BCUT2D eigenvalue weighted by molar-refractivity contribution is 7.89. The van der Waals surface area contributed by atoms with Crippen molar-refractivity contribution < 1.29 is 17.9 Å². The molecule has 0 bridgehead atoms. The molecule has 1 fully saturated rings. The number of benzene rings is 2. The second-order valence-corrected chi connectivity index (χ2v) is 9.22.